The molecular formula is CCl3OZn+. The third-order valence-corrected chi connectivity index (χ3v) is 0. The first-order valence-corrected chi connectivity index (χ1v) is 1.70. The summed E-state index contributed by atoms with van der Waals surface area (Å²) in [6.07, 6.45) is 0. The minimum atomic E-state index is -0.167. The summed E-state index contributed by atoms with van der Waals surface area (Å²) in [6, 6.07) is 0. The Morgan fingerprint density at radius 2 is 1.00 bits per heavy atom. The number of hydrogen-bond acceptors (Lipinski definition) is 0. The van der Waals surface area contributed by atoms with Crippen LogP contribution in [0.2, 0.25) is 0 Å². The van der Waals surface area contributed by atoms with Crippen molar-refractivity contribution in [2.45, 2.75) is 0 Å². The Hall–Kier alpha value is 1.32. The van der Waals surface area contributed by atoms with Gasteiger partial charge in [0.25, 0.3) is 0 Å². The fraction of sp³-hybridized carbons (Fsp3) is 0. The van der Waals surface area contributed by atoms with Crippen molar-refractivity contribution in [3.63, 3.8) is 0 Å². The molecule has 0 aromatic rings. The topological polar surface area (TPSA) is 28.5 Å². The van der Waals surface area contributed by atoms with E-state index in [9.17, 15) is 0 Å². The molecule has 1 nitrogen and oxygen atoms in total. The van der Waals surface area contributed by atoms with Gasteiger partial charge in [-0.1, -0.05) is 0 Å². The third kappa shape index (κ3) is 56.8. The number of halogens is 3. The van der Waals surface area contributed by atoms with E-state index in [1.807, 2.05) is 0 Å². The molecule has 0 N–H and O–H groups in total. The van der Waals surface area contributed by atoms with Crippen LogP contribution in [0.3, 0.4) is 0 Å². The first-order chi connectivity index (χ1) is 1.73. The first kappa shape index (κ1) is 15.7. The van der Waals surface area contributed by atoms with Crippen LogP contribution in [0.15, 0.2) is 0 Å². The molecule has 0 aliphatic rings. The zero-order valence-corrected chi connectivity index (χ0v) is 7.98. The van der Waals surface area contributed by atoms with Crippen molar-refractivity contribution in [1.29, 1.82) is 0 Å². The molecule has 0 aromatic carbocycles. The molecule has 0 aliphatic heterocycles. The minimum Gasteiger partial charge on any atom is -2.00 e. The minimum absolute atomic E-state index is 0. The van der Waals surface area contributed by atoms with Crippen molar-refractivity contribution in [3.8, 4) is 0 Å². The molecule has 0 heterocycles. The molecular weight excluding hydrogens is 200 g/mol. The molecule has 0 rings (SSSR count). The van der Waals surface area contributed by atoms with Crippen LogP contribution in [-0.2, 0) is 25.0 Å². The quantitative estimate of drug-likeness (QED) is 0.422. The Morgan fingerprint density at radius 3 is 1.00 bits per heavy atom. The van der Waals surface area contributed by atoms with E-state index in [0.29, 0.717) is 0 Å². The van der Waals surface area contributed by atoms with Crippen molar-refractivity contribution in [3.05, 3.63) is 4.30 Å². The molecule has 0 saturated heterocycles. The van der Waals surface area contributed by atoms with Crippen LogP contribution >= 0.6 is 34.8 Å². The van der Waals surface area contributed by atoms with Gasteiger partial charge in [0, 0.05) is 0 Å². The normalized spacial score (nSPS) is 4.50. The molecule has 0 aromatic heterocycles. The molecule has 6 heavy (non-hydrogen) atoms. The summed E-state index contributed by atoms with van der Waals surface area (Å²) < 4.78 is -0.167. The maximum atomic E-state index is 4.72. The average Bonchev–Trinajstić information content (AvgIpc) is 0.811. The van der Waals surface area contributed by atoms with E-state index in [1.54, 1.807) is 0 Å². The SMILES string of the molecule is Cl[C+](Cl)Cl.[O-2].[Zn+2]. The van der Waals surface area contributed by atoms with E-state index >= 15 is 0 Å². The van der Waals surface area contributed by atoms with Gasteiger partial charge in [-0.15, -0.1) is 0 Å². The van der Waals surface area contributed by atoms with Gasteiger partial charge in [-0.3, -0.25) is 0 Å². The molecule has 0 spiro atoms. The first-order valence-electron chi connectivity index (χ1n) is 0.567. The van der Waals surface area contributed by atoms with E-state index in [1.165, 1.54) is 0 Å². The molecule has 0 amide bonds. The Bertz CT molecular complexity index is 15.5. The van der Waals surface area contributed by atoms with Gasteiger partial charge in [-0.25, -0.2) is 0 Å². The largest absolute Gasteiger partial charge is 2.00 e. The summed E-state index contributed by atoms with van der Waals surface area (Å²) in [5.74, 6) is 0. The second-order valence-electron chi connectivity index (χ2n) is 0.214. The van der Waals surface area contributed by atoms with Gasteiger partial charge in [0.1, 0.15) is 0 Å². The standard InChI is InChI=1S/CCl3.O.Zn/c2-1(3)4;;/q+1;-2;+2. The van der Waals surface area contributed by atoms with Crippen LogP contribution in [-0.4, -0.2) is 0 Å². The predicted molar refractivity (Wildman–Crippen MR) is 21.5 cm³/mol. The fourth-order valence-electron chi connectivity index (χ4n) is 0. The van der Waals surface area contributed by atoms with Crippen molar-refractivity contribution in [1.82, 2.24) is 0 Å². The van der Waals surface area contributed by atoms with E-state index in [2.05, 4.69) is 0 Å². The van der Waals surface area contributed by atoms with Crippen LogP contribution in [0.25, 0.3) is 0 Å². The summed E-state index contributed by atoms with van der Waals surface area (Å²) in [7, 11) is 0. The molecule has 0 saturated carbocycles. The average molecular weight is 200 g/mol. The van der Waals surface area contributed by atoms with Gasteiger partial charge in [0.15, 0.2) is 34.8 Å². The van der Waals surface area contributed by atoms with Crippen molar-refractivity contribution < 1.29 is 25.0 Å². The smallest absolute Gasteiger partial charge is 2.00 e. The fourth-order valence-corrected chi connectivity index (χ4v) is 0. The maximum Gasteiger partial charge on any atom is 2.00 e. The third-order valence-electron chi connectivity index (χ3n) is 0. The van der Waals surface area contributed by atoms with Gasteiger partial charge >= 0.3 is 23.8 Å². The van der Waals surface area contributed by atoms with Crippen molar-refractivity contribution >= 4 is 34.8 Å². The van der Waals surface area contributed by atoms with E-state index in [0.717, 1.165) is 0 Å². The Morgan fingerprint density at radius 1 is 1.00 bits per heavy atom. The zero-order chi connectivity index (χ0) is 3.58. The van der Waals surface area contributed by atoms with Gasteiger partial charge < -0.3 is 5.48 Å². The van der Waals surface area contributed by atoms with Gasteiger partial charge in [0.05, 0.1) is 0 Å². The molecule has 0 fully saturated rings. The summed E-state index contributed by atoms with van der Waals surface area (Å²) in [4.78, 5) is 0. The van der Waals surface area contributed by atoms with Gasteiger partial charge in [0.2, 0.25) is 0 Å². The molecule has 5 heteroatoms. The second-order valence-corrected chi connectivity index (χ2v) is 1.93. The van der Waals surface area contributed by atoms with E-state index in [-0.39, 0.29) is 29.2 Å². The van der Waals surface area contributed by atoms with Crippen LogP contribution in [0.1, 0.15) is 0 Å². The van der Waals surface area contributed by atoms with E-state index in [4.69, 9.17) is 34.8 Å². The summed E-state index contributed by atoms with van der Waals surface area (Å²) >= 11 is 14.2. The maximum absolute atomic E-state index is 4.72. The summed E-state index contributed by atoms with van der Waals surface area (Å²) in [6.45, 7) is 0. The van der Waals surface area contributed by atoms with Crippen LogP contribution < -0.4 is 0 Å². The van der Waals surface area contributed by atoms with Crippen LogP contribution in [0, 0.1) is 4.30 Å². The Kier molecular flexibility index (Phi) is 25.0. The molecule has 32 valence electrons. The molecule has 0 radical (unpaired) electrons. The molecule has 0 bridgehead atoms. The predicted octanol–water partition coefficient (Wildman–Crippen LogP) is 2.03. The Balaban J connectivity index is -0.0000000450. The molecule has 0 aliphatic carbocycles. The summed E-state index contributed by atoms with van der Waals surface area (Å²) in [5.41, 5.74) is 0. The molecule has 0 atom stereocenters. The van der Waals surface area contributed by atoms with Crippen LogP contribution in [0.4, 0.5) is 0 Å². The van der Waals surface area contributed by atoms with Crippen molar-refractivity contribution in [2.75, 3.05) is 0 Å². The summed E-state index contributed by atoms with van der Waals surface area (Å²) in [5, 5.41) is 0. The van der Waals surface area contributed by atoms with Gasteiger partial charge in [-0.2, -0.15) is 0 Å². The number of hydrogen-bond donors (Lipinski definition) is 0. The van der Waals surface area contributed by atoms with Crippen LogP contribution in [0.5, 0.6) is 0 Å². The monoisotopic (exact) mass is 197 g/mol. The van der Waals surface area contributed by atoms with Gasteiger partial charge in [-0.05, 0) is 0 Å². The Labute approximate surface area is 64.0 Å². The van der Waals surface area contributed by atoms with Crippen molar-refractivity contribution in [2.24, 2.45) is 0 Å². The number of rotatable bonds is 0. The zero-order valence-electron chi connectivity index (χ0n) is 2.75. The molecule has 0 unspecified atom stereocenters. The second kappa shape index (κ2) is 9.59. The van der Waals surface area contributed by atoms with E-state index < -0.39 is 0 Å².